The molecule has 1 aliphatic heterocycles. The average molecular weight is 354 g/mol. The number of amides is 1. The Bertz CT molecular complexity index is 627. The zero-order valence-electron chi connectivity index (χ0n) is 14.3. The molecular formula is C18H24ClNO4. The van der Waals surface area contributed by atoms with Crippen LogP contribution in [0.3, 0.4) is 0 Å². The van der Waals surface area contributed by atoms with E-state index in [2.05, 4.69) is 0 Å². The monoisotopic (exact) mass is 353 g/mol. The molecule has 0 spiro atoms. The summed E-state index contributed by atoms with van der Waals surface area (Å²) in [5.74, 6) is -1.01. The van der Waals surface area contributed by atoms with Crippen LogP contribution in [0.2, 0.25) is 5.02 Å². The number of nitrogens with zero attached hydrogens (tertiary/aromatic N) is 1. The lowest BCUT2D eigenvalue weighted by Crippen LogP contribution is -2.55. The van der Waals surface area contributed by atoms with Gasteiger partial charge in [-0.3, -0.25) is 9.59 Å². The van der Waals surface area contributed by atoms with E-state index in [-0.39, 0.29) is 19.1 Å². The van der Waals surface area contributed by atoms with Crippen molar-refractivity contribution < 1.29 is 19.4 Å². The van der Waals surface area contributed by atoms with Crippen LogP contribution in [0.4, 0.5) is 0 Å². The van der Waals surface area contributed by atoms with Gasteiger partial charge in [-0.05, 0) is 44.4 Å². The lowest BCUT2D eigenvalue weighted by Gasteiger charge is -2.42. The molecule has 1 saturated heterocycles. The van der Waals surface area contributed by atoms with Crippen molar-refractivity contribution in [3.8, 4) is 0 Å². The summed E-state index contributed by atoms with van der Waals surface area (Å²) >= 11 is 6.05. The highest BCUT2D eigenvalue weighted by Crippen LogP contribution is 2.34. The average Bonchev–Trinajstić information content (AvgIpc) is 2.54. The summed E-state index contributed by atoms with van der Waals surface area (Å²) in [4.78, 5) is 26.5. The number of benzene rings is 1. The van der Waals surface area contributed by atoms with E-state index in [0.29, 0.717) is 24.4 Å². The van der Waals surface area contributed by atoms with Crippen molar-refractivity contribution in [1.82, 2.24) is 4.90 Å². The first-order valence-electron chi connectivity index (χ1n) is 8.01. The van der Waals surface area contributed by atoms with Gasteiger partial charge in [-0.25, -0.2) is 0 Å². The minimum absolute atomic E-state index is 0.0915. The number of methoxy groups -OCH3 is 1. The maximum absolute atomic E-state index is 13.1. The standard InChI is InChI=1S/C18H24ClNO4/c1-17(2,13-6-4-7-14(19)10-13)15(21)20-9-5-8-18(11-20,12-24-3)16(22)23/h4,6-7,10H,5,8-9,11-12H2,1-3H3,(H,22,23). The maximum Gasteiger partial charge on any atom is 0.313 e. The third-order valence-electron chi connectivity index (χ3n) is 4.82. The van der Waals surface area contributed by atoms with Crippen molar-refractivity contribution >= 4 is 23.5 Å². The quantitative estimate of drug-likeness (QED) is 0.883. The number of carbonyl (C=O) groups excluding carboxylic acids is 1. The molecule has 0 aromatic heterocycles. The Hall–Kier alpha value is -1.59. The topological polar surface area (TPSA) is 66.8 Å². The van der Waals surface area contributed by atoms with E-state index in [9.17, 15) is 14.7 Å². The molecule has 1 unspecified atom stereocenters. The predicted molar refractivity (Wildman–Crippen MR) is 92.2 cm³/mol. The van der Waals surface area contributed by atoms with Crippen LogP contribution in [0.15, 0.2) is 24.3 Å². The van der Waals surface area contributed by atoms with Gasteiger partial charge in [0.25, 0.3) is 0 Å². The van der Waals surface area contributed by atoms with Gasteiger partial charge >= 0.3 is 5.97 Å². The van der Waals surface area contributed by atoms with Crippen LogP contribution < -0.4 is 0 Å². The third kappa shape index (κ3) is 3.57. The number of carbonyl (C=O) groups is 2. The molecule has 6 heteroatoms. The van der Waals surface area contributed by atoms with E-state index >= 15 is 0 Å². The lowest BCUT2D eigenvalue weighted by atomic mass is 9.78. The van der Waals surface area contributed by atoms with Crippen molar-refractivity contribution in [2.75, 3.05) is 26.8 Å². The summed E-state index contributed by atoms with van der Waals surface area (Å²) in [7, 11) is 1.49. The SMILES string of the molecule is COCC1(C(=O)O)CCCN(C(=O)C(C)(C)c2cccc(Cl)c2)C1. The van der Waals surface area contributed by atoms with Gasteiger partial charge in [0, 0.05) is 25.2 Å². The summed E-state index contributed by atoms with van der Waals surface area (Å²) in [5.41, 5.74) is -0.995. The number of hydrogen-bond acceptors (Lipinski definition) is 3. The van der Waals surface area contributed by atoms with Crippen LogP contribution in [0.25, 0.3) is 0 Å². The number of piperidine rings is 1. The van der Waals surface area contributed by atoms with Gasteiger partial charge in [0.05, 0.1) is 12.0 Å². The number of ether oxygens (including phenoxy) is 1. The number of aliphatic carboxylic acids is 1. The Labute approximate surface area is 147 Å². The molecule has 1 atom stereocenters. The fourth-order valence-corrected chi connectivity index (χ4v) is 3.52. The Morgan fingerprint density at radius 1 is 1.42 bits per heavy atom. The largest absolute Gasteiger partial charge is 0.481 e. The molecule has 132 valence electrons. The molecule has 1 fully saturated rings. The summed E-state index contributed by atoms with van der Waals surface area (Å²) < 4.78 is 5.12. The van der Waals surface area contributed by atoms with Crippen LogP contribution in [-0.2, 0) is 19.7 Å². The van der Waals surface area contributed by atoms with Crippen LogP contribution in [0, 0.1) is 5.41 Å². The van der Waals surface area contributed by atoms with Gasteiger partial charge in [0.2, 0.25) is 5.91 Å². The van der Waals surface area contributed by atoms with Gasteiger partial charge in [0.1, 0.15) is 5.41 Å². The molecule has 1 N–H and O–H groups in total. The van der Waals surface area contributed by atoms with E-state index in [4.69, 9.17) is 16.3 Å². The fourth-order valence-electron chi connectivity index (χ4n) is 3.33. The van der Waals surface area contributed by atoms with Crippen molar-refractivity contribution in [3.63, 3.8) is 0 Å². The first kappa shape index (κ1) is 18.7. The number of likely N-dealkylation sites (tertiary alicyclic amines) is 1. The number of hydrogen-bond donors (Lipinski definition) is 1. The zero-order valence-corrected chi connectivity index (χ0v) is 15.1. The molecule has 24 heavy (non-hydrogen) atoms. The van der Waals surface area contributed by atoms with Crippen LogP contribution in [-0.4, -0.2) is 48.7 Å². The van der Waals surface area contributed by atoms with E-state index in [1.807, 2.05) is 26.0 Å². The molecular weight excluding hydrogens is 330 g/mol. The zero-order chi connectivity index (χ0) is 18.0. The van der Waals surface area contributed by atoms with Gasteiger partial charge < -0.3 is 14.7 Å². The lowest BCUT2D eigenvalue weighted by molar-refractivity contribution is -0.160. The van der Waals surface area contributed by atoms with Gasteiger partial charge in [0.15, 0.2) is 0 Å². The van der Waals surface area contributed by atoms with E-state index < -0.39 is 16.8 Å². The second kappa shape index (κ2) is 7.11. The van der Waals surface area contributed by atoms with E-state index in [1.165, 1.54) is 7.11 Å². The predicted octanol–water partition coefficient (Wildman–Crippen LogP) is 2.96. The van der Waals surface area contributed by atoms with Gasteiger partial charge in [-0.1, -0.05) is 23.7 Å². The van der Waals surface area contributed by atoms with Crippen molar-refractivity contribution in [2.45, 2.75) is 32.1 Å². The normalized spacial score (nSPS) is 21.6. The smallest absolute Gasteiger partial charge is 0.313 e. The van der Waals surface area contributed by atoms with E-state index in [0.717, 1.165) is 5.56 Å². The van der Waals surface area contributed by atoms with Crippen molar-refractivity contribution in [1.29, 1.82) is 0 Å². The number of carboxylic acid groups (broad SMARTS) is 1. The Morgan fingerprint density at radius 2 is 2.12 bits per heavy atom. The Balaban J connectivity index is 2.26. The minimum Gasteiger partial charge on any atom is -0.481 e. The Kier molecular flexibility index (Phi) is 5.56. The second-order valence-corrected chi connectivity index (χ2v) is 7.42. The second-order valence-electron chi connectivity index (χ2n) is 6.98. The Morgan fingerprint density at radius 3 is 2.71 bits per heavy atom. The molecule has 1 aliphatic rings. The van der Waals surface area contributed by atoms with Gasteiger partial charge in [-0.2, -0.15) is 0 Å². The molecule has 1 heterocycles. The minimum atomic E-state index is -1.03. The molecule has 1 aromatic carbocycles. The number of rotatable bonds is 5. The molecule has 2 rings (SSSR count). The third-order valence-corrected chi connectivity index (χ3v) is 5.05. The van der Waals surface area contributed by atoms with Crippen LogP contribution in [0.5, 0.6) is 0 Å². The van der Waals surface area contributed by atoms with Crippen molar-refractivity contribution in [3.05, 3.63) is 34.9 Å². The first-order valence-corrected chi connectivity index (χ1v) is 8.38. The van der Waals surface area contributed by atoms with Crippen LogP contribution >= 0.6 is 11.6 Å². The molecule has 0 radical (unpaired) electrons. The highest BCUT2D eigenvalue weighted by Gasteiger charge is 2.46. The van der Waals surface area contributed by atoms with E-state index in [1.54, 1.807) is 17.0 Å². The highest BCUT2D eigenvalue weighted by atomic mass is 35.5. The number of halogens is 1. The maximum atomic E-state index is 13.1. The molecule has 0 saturated carbocycles. The molecule has 1 aromatic rings. The molecule has 1 amide bonds. The highest BCUT2D eigenvalue weighted by molar-refractivity contribution is 6.30. The summed E-state index contributed by atoms with van der Waals surface area (Å²) in [6.07, 6.45) is 1.16. The summed E-state index contributed by atoms with van der Waals surface area (Å²) in [6, 6.07) is 7.23. The molecule has 0 aliphatic carbocycles. The summed E-state index contributed by atoms with van der Waals surface area (Å²) in [6.45, 7) is 4.51. The van der Waals surface area contributed by atoms with Crippen LogP contribution in [0.1, 0.15) is 32.3 Å². The fraction of sp³-hybridized carbons (Fsp3) is 0.556. The number of carboxylic acids is 1. The molecule has 0 bridgehead atoms. The first-order chi connectivity index (χ1) is 11.2. The van der Waals surface area contributed by atoms with Gasteiger partial charge in [-0.15, -0.1) is 0 Å². The van der Waals surface area contributed by atoms with Crippen molar-refractivity contribution in [2.24, 2.45) is 5.41 Å². The summed E-state index contributed by atoms with van der Waals surface area (Å²) in [5, 5.41) is 10.2. The molecule has 5 nitrogen and oxygen atoms in total.